The summed E-state index contributed by atoms with van der Waals surface area (Å²) in [6.45, 7) is 1.08. The van der Waals surface area contributed by atoms with E-state index in [1.165, 1.54) is 12.1 Å². The lowest BCUT2D eigenvalue weighted by atomic mass is 9.88. The molecule has 0 aliphatic carbocycles. The van der Waals surface area contributed by atoms with E-state index in [2.05, 4.69) is 11.1 Å². The number of amides is 1. The maximum absolute atomic E-state index is 13.3. The van der Waals surface area contributed by atoms with Crippen molar-refractivity contribution in [1.82, 2.24) is 9.29 Å². The number of aromatic amines is 1. The number of rotatable bonds is 10. The number of fused-ring (bicyclic) bond motifs is 1. The van der Waals surface area contributed by atoms with Gasteiger partial charge in [0.2, 0.25) is 15.9 Å². The summed E-state index contributed by atoms with van der Waals surface area (Å²) >= 11 is 0. The minimum absolute atomic E-state index is 0.0169. The van der Waals surface area contributed by atoms with E-state index >= 15 is 0 Å². The van der Waals surface area contributed by atoms with Gasteiger partial charge in [-0.15, -0.1) is 0 Å². The molecule has 0 atom stereocenters. The van der Waals surface area contributed by atoms with Crippen LogP contribution in [0.1, 0.15) is 36.3 Å². The van der Waals surface area contributed by atoms with Gasteiger partial charge < -0.3 is 15.5 Å². The summed E-state index contributed by atoms with van der Waals surface area (Å²) in [5.41, 5.74) is 10.5. The van der Waals surface area contributed by atoms with E-state index in [1.807, 2.05) is 42.6 Å². The Bertz CT molecular complexity index is 1560. The predicted octanol–water partition coefficient (Wildman–Crippen LogP) is 4.98. The number of hydrogen-bond donors (Lipinski definition) is 2. The quantitative estimate of drug-likeness (QED) is 0.272. The maximum atomic E-state index is 13.3. The Morgan fingerprint density at radius 3 is 2.51 bits per heavy atom. The number of nitrogens with two attached hydrogens (primary N) is 1. The molecule has 9 heteroatoms. The SMILES string of the molecule is NC(=O)Cc1cc(-c2ccccc2)cc2c(C3CCN(S(=O)(=O)CCCOc4cccc(F)c4)CC3)c[nH]c12. The molecule has 0 unspecified atom stereocenters. The number of carbonyl (C=O) groups excluding carboxylic acids is 1. The van der Waals surface area contributed by atoms with Crippen molar-refractivity contribution in [2.24, 2.45) is 5.73 Å². The number of H-pyrrole nitrogens is 1. The monoisotopic (exact) mass is 549 g/mol. The zero-order chi connectivity index (χ0) is 27.4. The summed E-state index contributed by atoms with van der Waals surface area (Å²) < 4.78 is 46.3. The minimum atomic E-state index is -3.42. The van der Waals surface area contributed by atoms with E-state index in [-0.39, 0.29) is 24.7 Å². The fraction of sp³-hybridized carbons (Fsp3) is 0.300. The van der Waals surface area contributed by atoms with Crippen LogP contribution in [-0.2, 0) is 21.2 Å². The number of sulfonamides is 1. The van der Waals surface area contributed by atoms with Crippen LogP contribution in [0.4, 0.5) is 4.39 Å². The molecule has 204 valence electrons. The lowest BCUT2D eigenvalue weighted by Gasteiger charge is -2.31. The molecule has 0 bridgehead atoms. The molecule has 1 aromatic heterocycles. The molecule has 7 nitrogen and oxygen atoms in total. The van der Waals surface area contributed by atoms with Crippen molar-refractivity contribution >= 4 is 26.8 Å². The predicted molar refractivity (Wildman–Crippen MR) is 150 cm³/mol. The molecular weight excluding hydrogens is 517 g/mol. The standard InChI is InChI=1S/C30H32FN3O4S/c31-25-8-4-9-26(19-25)38-14-5-15-39(36,37)34-12-10-22(11-13-34)28-20-33-30-24(18-29(32)35)16-23(17-27(28)30)21-6-2-1-3-7-21/h1-4,6-9,16-17,19-20,22,33H,5,10-15,18H2,(H2,32,35). The molecular formula is C30H32FN3O4S. The third-order valence-electron chi connectivity index (χ3n) is 7.27. The Kier molecular flexibility index (Phi) is 7.99. The third kappa shape index (κ3) is 6.32. The van der Waals surface area contributed by atoms with Crippen LogP contribution in [0, 0.1) is 5.82 Å². The average Bonchev–Trinajstić information content (AvgIpc) is 3.36. The highest BCUT2D eigenvalue weighted by Crippen LogP contribution is 2.37. The minimum Gasteiger partial charge on any atom is -0.493 e. The van der Waals surface area contributed by atoms with Crippen LogP contribution in [0.15, 0.2) is 72.9 Å². The number of hydrogen-bond acceptors (Lipinski definition) is 4. The van der Waals surface area contributed by atoms with Gasteiger partial charge in [-0.25, -0.2) is 17.1 Å². The van der Waals surface area contributed by atoms with Gasteiger partial charge in [-0.3, -0.25) is 4.79 Å². The fourth-order valence-electron chi connectivity index (χ4n) is 5.35. The topological polar surface area (TPSA) is 105 Å². The molecule has 39 heavy (non-hydrogen) atoms. The normalized spacial score (nSPS) is 15.0. The average molecular weight is 550 g/mol. The van der Waals surface area contributed by atoms with E-state index in [4.69, 9.17) is 10.5 Å². The molecule has 1 amide bonds. The van der Waals surface area contributed by atoms with E-state index in [0.717, 1.165) is 33.2 Å². The lowest BCUT2D eigenvalue weighted by Crippen LogP contribution is -2.39. The number of ether oxygens (including phenoxy) is 1. The lowest BCUT2D eigenvalue weighted by molar-refractivity contribution is -0.117. The van der Waals surface area contributed by atoms with Gasteiger partial charge in [0.25, 0.3) is 0 Å². The van der Waals surface area contributed by atoms with Gasteiger partial charge in [-0.1, -0.05) is 36.4 Å². The van der Waals surface area contributed by atoms with Gasteiger partial charge in [0, 0.05) is 36.3 Å². The Hall–Kier alpha value is -3.69. The number of halogens is 1. The second kappa shape index (κ2) is 11.6. The van der Waals surface area contributed by atoms with Crippen LogP contribution in [0.25, 0.3) is 22.0 Å². The molecule has 0 radical (unpaired) electrons. The van der Waals surface area contributed by atoms with Crippen LogP contribution in [0.2, 0.25) is 0 Å². The third-order valence-corrected chi connectivity index (χ3v) is 9.23. The Morgan fingerprint density at radius 1 is 1.03 bits per heavy atom. The number of nitrogens with one attached hydrogen (secondary N) is 1. The molecule has 4 aromatic rings. The second-order valence-corrected chi connectivity index (χ2v) is 12.0. The van der Waals surface area contributed by atoms with Crippen LogP contribution >= 0.6 is 0 Å². The smallest absolute Gasteiger partial charge is 0.221 e. The molecule has 1 aliphatic heterocycles. The van der Waals surface area contributed by atoms with Crippen molar-refractivity contribution in [3.8, 4) is 16.9 Å². The van der Waals surface area contributed by atoms with Crippen LogP contribution in [0.5, 0.6) is 5.75 Å². The summed E-state index contributed by atoms with van der Waals surface area (Å²) in [6, 6.07) is 20.0. The van der Waals surface area contributed by atoms with Gasteiger partial charge >= 0.3 is 0 Å². The molecule has 3 aromatic carbocycles. The number of carbonyl (C=O) groups is 1. The first-order valence-electron chi connectivity index (χ1n) is 13.1. The van der Waals surface area contributed by atoms with E-state index < -0.39 is 21.7 Å². The fourth-order valence-corrected chi connectivity index (χ4v) is 6.86. The zero-order valence-corrected chi connectivity index (χ0v) is 22.4. The Labute approximate surface area is 227 Å². The van der Waals surface area contributed by atoms with Crippen molar-refractivity contribution < 1.29 is 22.3 Å². The summed E-state index contributed by atoms with van der Waals surface area (Å²) in [5.74, 6) is -0.219. The van der Waals surface area contributed by atoms with Crippen LogP contribution < -0.4 is 10.5 Å². The largest absolute Gasteiger partial charge is 0.493 e. The highest BCUT2D eigenvalue weighted by Gasteiger charge is 2.30. The summed E-state index contributed by atoms with van der Waals surface area (Å²) in [5, 5.41) is 1.04. The first kappa shape index (κ1) is 26.9. The summed E-state index contributed by atoms with van der Waals surface area (Å²) in [7, 11) is -3.42. The highest BCUT2D eigenvalue weighted by atomic mass is 32.2. The van der Waals surface area contributed by atoms with E-state index in [0.29, 0.717) is 38.1 Å². The van der Waals surface area contributed by atoms with Crippen molar-refractivity contribution in [3.05, 3.63) is 89.9 Å². The summed E-state index contributed by atoms with van der Waals surface area (Å²) in [6.07, 6.45) is 3.85. The van der Waals surface area contributed by atoms with E-state index in [9.17, 15) is 17.6 Å². The van der Waals surface area contributed by atoms with Gasteiger partial charge in [-0.2, -0.15) is 0 Å². The number of primary amides is 1. The molecule has 0 saturated carbocycles. The number of aromatic nitrogens is 1. The molecule has 5 rings (SSSR count). The number of benzene rings is 3. The molecule has 1 fully saturated rings. The van der Waals surface area contributed by atoms with Crippen molar-refractivity contribution in [2.75, 3.05) is 25.4 Å². The van der Waals surface area contributed by atoms with Crippen molar-refractivity contribution in [1.29, 1.82) is 0 Å². The Morgan fingerprint density at radius 2 is 1.79 bits per heavy atom. The number of piperidine rings is 1. The second-order valence-electron chi connectivity index (χ2n) is 9.96. The highest BCUT2D eigenvalue weighted by molar-refractivity contribution is 7.89. The van der Waals surface area contributed by atoms with Gasteiger partial charge in [0.1, 0.15) is 11.6 Å². The number of nitrogens with zero attached hydrogens (tertiary/aromatic N) is 1. The van der Waals surface area contributed by atoms with Gasteiger partial charge in [0.15, 0.2) is 0 Å². The van der Waals surface area contributed by atoms with Gasteiger partial charge in [-0.05, 0) is 71.7 Å². The van der Waals surface area contributed by atoms with E-state index in [1.54, 1.807) is 16.4 Å². The summed E-state index contributed by atoms with van der Waals surface area (Å²) in [4.78, 5) is 15.2. The van der Waals surface area contributed by atoms with Crippen molar-refractivity contribution in [3.63, 3.8) is 0 Å². The van der Waals surface area contributed by atoms with Crippen molar-refractivity contribution in [2.45, 2.75) is 31.6 Å². The maximum Gasteiger partial charge on any atom is 0.221 e. The van der Waals surface area contributed by atoms with Crippen LogP contribution in [0.3, 0.4) is 0 Å². The molecule has 0 spiro atoms. The molecule has 1 saturated heterocycles. The zero-order valence-electron chi connectivity index (χ0n) is 21.6. The first-order chi connectivity index (χ1) is 18.8. The molecule has 1 aliphatic rings. The van der Waals surface area contributed by atoms with Gasteiger partial charge in [0.05, 0.1) is 18.8 Å². The first-order valence-corrected chi connectivity index (χ1v) is 14.7. The molecule has 2 heterocycles. The molecule has 3 N–H and O–H groups in total. The van der Waals surface area contributed by atoms with Crippen LogP contribution in [-0.4, -0.2) is 49.1 Å². The Balaban J connectivity index is 1.26.